The van der Waals surface area contributed by atoms with Crippen LogP contribution in [0.5, 0.6) is 5.88 Å². The van der Waals surface area contributed by atoms with Crippen molar-refractivity contribution >= 4 is 5.82 Å². The molecule has 1 aromatic heterocycles. The first kappa shape index (κ1) is 15.9. The molecule has 0 saturated carbocycles. The summed E-state index contributed by atoms with van der Waals surface area (Å²) in [5.41, 5.74) is 2.10. The van der Waals surface area contributed by atoms with E-state index in [1.807, 2.05) is 42.1 Å². The van der Waals surface area contributed by atoms with Gasteiger partial charge in [-0.2, -0.15) is 0 Å². The van der Waals surface area contributed by atoms with Gasteiger partial charge in [-0.25, -0.2) is 4.68 Å². The Balaban J connectivity index is 1.74. The van der Waals surface area contributed by atoms with Crippen molar-refractivity contribution in [2.45, 2.75) is 19.8 Å². The van der Waals surface area contributed by atoms with Crippen LogP contribution in [0.4, 0.5) is 5.82 Å². The van der Waals surface area contributed by atoms with E-state index in [1.165, 1.54) is 12.8 Å². The van der Waals surface area contributed by atoms with Crippen molar-refractivity contribution in [3.05, 3.63) is 35.9 Å². The molecule has 1 N–H and O–H groups in total. The maximum atomic E-state index is 6.07. The van der Waals surface area contributed by atoms with E-state index in [0.717, 1.165) is 42.6 Å². The molecule has 0 bridgehead atoms. The summed E-state index contributed by atoms with van der Waals surface area (Å²) < 4.78 is 7.98. The van der Waals surface area contributed by atoms with Gasteiger partial charge in [0.1, 0.15) is 5.82 Å². The van der Waals surface area contributed by atoms with Crippen molar-refractivity contribution in [3.63, 3.8) is 0 Å². The molecule has 0 radical (unpaired) electrons. The molecular weight excluding hydrogens is 288 g/mol. The van der Waals surface area contributed by atoms with Crippen LogP contribution < -0.4 is 10.1 Å². The Kier molecular flexibility index (Phi) is 4.86. The van der Waals surface area contributed by atoms with Gasteiger partial charge in [0.15, 0.2) is 0 Å². The average Bonchev–Trinajstić information content (AvgIpc) is 2.91. The van der Waals surface area contributed by atoms with Gasteiger partial charge < -0.3 is 15.0 Å². The number of ether oxygens (including phenoxy) is 1. The number of hydrogen-bond donors (Lipinski definition) is 1. The summed E-state index contributed by atoms with van der Waals surface area (Å²) in [6.07, 6.45) is 2.40. The van der Waals surface area contributed by atoms with Gasteiger partial charge in [-0.1, -0.05) is 18.2 Å². The third kappa shape index (κ3) is 3.50. The normalized spacial score (nSPS) is 16.5. The molecule has 1 aromatic carbocycles. The zero-order chi connectivity index (χ0) is 16.2. The number of rotatable bonds is 5. The first-order chi connectivity index (χ1) is 11.2. The Hall–Kier alpha value is -2.01. The van der Waals surface area contributed by atoms with Crippen LogP contribution in [0, 0.1) is 12.8 Å². The number of benzene rings is 1. The molecule has 0 unspecified atom stereocenters. The second-order valence-electron chi connectivity index (χ2n) is 6.33. The minimum atomic E-state index is 0.630. The van der Waals surface area contributed by atoms with E-state index in [1.54, 1.807) is 0 Å². The van der Waals surface area contributed by atoms with Crippen LogP contribution >= 0.6 is 0 Å². The first-order valence-corrected chi connectivity index (χ1v) is 8.33. The Bertz CT molecular complexity index is 630. The molecule has 3 rings (SSSR count). The van der Waals surface area contributed by atoms with E-state index >= 15 is 0 Å². The van der Waals surface area contributed by atoms with Gasteiger partial charge in [-0.15, -0.1) is 5.10 Å². The van der Waals surface area contributed by atoms with Crippen LogP contribution in [0.3, 0.4) is 0 Å². The second-order valence-corrected chi connectivity index (χ2v) is 6.33. The Labute approximate surface area is 138 Å². The zero-order valence-corrected chi connectivity index (χ0v) is 14.2. The van der Waals surface area contributed by atoms with Crippen molar-refractivity contribution in [1.29, 1.82) is 0 Å². The minimum absolute atomic E-state index is 0.630. The Morgan fingerprint density at radius 2 is 1.91 bits per heavy atom. The molecule has 1 aliphatic rings. The number of nitrogens with zero attached hydrogens (tertiary/aromatic N) is 3. The van der Waals surface area contributed by atoms with Crippen molar-refractivity contribution < 1.29 is 4.74 Å². The quantitative estimate of drug-likeness (QED) is 0.921. The summed E-state index contributed by atoms with van der Waals surface area (Å²) in [7, 11) is 4.10. The van der Waals surface area contributed by atoms with E-state index < -0.39 is 0 Å². The molecule has 0 atom stereocenters. The fraction of sp³-hybridized carbons (Fsp3) is 0.500. The van der Waals surface area contributed by atoms with Crippen LogP contribution in [-0.2, 0) is 0 Å². The number of hydrogen-bond acceptors (Lipinski definition) is 4. The SMILES string of the molecule is CNc1c(C)c(OCC2CCN(C)CC2)nn1-c1ccccc1. The average molecular weight is 314 g/mol. The summed E-state index contributed by atoms with van der Waals surface area (Å²) in [6.45, 7) is 5.13. The molecular formula is C18H26N4O. The molecule has 0 amide bonds. The molecule has 0 spiro atoms. The van der Waals surface area contributed by atoms with E-state index in [4.69, 9.17) is 4.74 Å². The number of piperidine rings is 1. The molecule has 5 nitrogen and oxygen atoms in total. The van der Waals surface area contributed by atoms with Crippen LogP contribution in [0.2, 0.25) is 0 Å². The summed E-state index contributed by atoms with van der Waals surface area (Å²) in [5, 5.41) is 7.91. The highest BCUT2D eigenvalue weighted by atomic mass is 16.5. The van der Waals surface area contributed by atoms with Crippen LogP contribution in [0.1, 0.15) is 18.4 Å². The van der Waals surface area contributed by atoms with Gasteiger partial charge in [-0.3, -0.25) is 0 Å². The summed E-state index contributed by atoms with van der Waals surface area (Å²) >= 11 is 0. The molecule has 124 valence electrons. The van der Waals surface area contributed by atoms with Gasteiger partial charge >= 0.3 is 0 Å². The highest BCUT2D eigenvalue weighted by Crippen LogP contribution is 2.28. The predicted octanol–water partition coefficient (Wildman–Crippen LogP) is 2.94. The van der Waals surface area contributed by atoms with Gasteiger partial charge in [0, 0.05) is 7.05 Å². The van der Waals surface area contributed by atoms with Crippen molar-refractivity contribution in [1.82, 2.24) is 14.7 Å². The number of anilines is 1. The lowest BCUT2D eigenvalue weighted by atomic mass is 9.98. The molecule has 1 aliphatic heterocycles. The molecule has 0 aliphatic carbocycles. The monoisotopic (exact) mass is 314 g/mol. The van der Waals surface area contributed by atoms with Crippen molar-refractivity contribution in [3.8, 4) is 11.6 Å². The smallest absolute Gasteiger partial charge is 0.238 e. The molecule has 2 heterocycles. The molecule has 1 fully saturated rings. The Morgan fingerprint density at radius 1 is 1.22 bits per heavy atom. The topological polar surface area (TPSA) is 42.3 Å². The van der Waals surface area contributed by atoms with E-state index in [9.17, 15) is 0 Å². The van der Waals surface area contributed by atoms with Gasteiger partial charge in [0.2, 0.25) is 5.88 Å². The highest BCUT2D eigenvalue weighted by molar-refractivity contribution is 5.54. The van der Waals surface area contributed by atoms with Gasteiger partial charge in [0.05, 0.1) is 17.9 Å². The van der Waals surface area contributed by atoms with Crippen molar-refractivity contribution in [2.24, 2.45) is 5.92 Å². The van der Waals surface area contributed by atoms with Gasteiger partial charge in [-0.05, 0) is 58.0 Å². The minimum Gasteiger partial charge on any atom is -0.476 e. The number of likely N-dealkylation sites (tertiary alicyclic amines) is 1. The fourth-order valence-electron chi connectivity index (χ4n) is 3.09. The Morgan fingerprint density at radius 3 is 2.57 bits per heavy atom. The van der Waals surface area contributed by atoms with Crippen LogP contribution in [0.25, 0.3) is 5.69 Å². The molecule has 1 saturated heterocycles. The molecule has 2 aromatic rings. The van der Waals surface area contributed by atoms with Crippen LogP contribution in [-0.4, -0.2) is 48.5 Å². The van der Waals surface area contributed by atoms with E-state index in [2.05, 4.69) is 29.3 Å². The predicted molar refractivity (Wildman–Crippen MR) is 93.6 cm³/mol. The number of nitrogens with one attached hydrogen (secondary N) is 1. The third-order valence-electron chi connectivity index (χ3n) is 4.61. The fourth-order valence-corrected chi connectivity index (χ4v) is 3.09. The van der Waals surface area contributed by atoms with E-state index in [-0.39, 0.29) is 0 Å². The zero-order valence-electron chi connectivity index (χ0n) is 14.2. The molecule has 23 heavy (non-hydrogen) atoms. The van der Waals surface area contributed by atoms with Gasteiger partial charge in [0.25, 0.3) is 0 Å². The first-order valence-electron chi connectivity index (χ1n) is 8.33. The lowest BCUT2D eigenvalue weighted by molar-refractivity contribution is 0.156. The number of para-hydroxylation sites is 1. The van der Waals surface area contributed by atoms with Crippen LogP contribution in [0.15, 0.2) is 30.3 Å². The highest BCUT2D eigenvalue weighted by Gasteiger charge is 2.20. The standard InChI is InChI=1S/C18H26N4O/c1-14-17(19-2)22(16-7-5-4-6-8-16)20-18(14)23-13-15-9-11-21(3)12-10-15/h4-8,15,19H,9-13H2,1-3H3. The lowest BCUT2D eigenvalue weighted by Gasteiger charge is -2.28. The third-order valence-corrected chi connectivity index (χ3v) is 4.61. The summed E-state index contributed by atoms with van der Waals surface area (Å²) in [6, 6.07) is 10.1. The molecule has 5 heteroatoms. The lowest BCUT2D eigenvalue weighted by Crippen LogP contribution is -2.32. The van der Waals surface area contributed by atoms with E-state index in [0.29, 0.717) is 5.92 Å². The summed E-state index contributed by atoms with van der Waals surface area (Å²) in [4.78, 5) is 2.38. The largest absolute Gasteiger partial charge is 0.476 e. The number of aromatic nitrogens is 2. The maximum Gasteiger partial charge on any atom is 0.238 e. The maximum absolute atomic E-state index is 6.07. The van der Waals surface area contributed by atoms with Crippen molar-refractivity contribution in [2.75, 3.05) is 39.1 Å². The summed E-state index contributed by atoms with van der Waals surface area (Å²) in [5.74, 6) is 2.34. The second kappa shape index (κ2) is 7.04.